The van der Waals surface area contributed by atoms with Crippen LogP contribution in [0.2, 0.25) is 0 Å². The normalized spacial score (nSPS) is 11.9. The Kier molecular flexibility index (Phi) is 4.94. The third-order valence-electron chi connectivity index (χ3n) is 2.63. The smallest absolute Gasteiger partial charge is 0.264 e. The summed E-state index contributed by atoms with van der Waals surface area (Å²) < 4.78 is 32.6. The van der Waals surface area contributed by atoms with Gasteiger partial charge in [0.05, 0.1) is 20.8 Å². The minimum Gasteiger partial charge on any atom is -0.497 e. The summed E-state index contributed by atoms with van der Waals surface area (Å²) in [5, 5.41) is 2.23. The lowest BCUT2D eigenvalue weighted by atomic mass is 10.2. The van der Waals surface area contributed by atoms with Crippen LogP contribution in [0, 0.1) is 0 Å². The van der Waals surface area contributed by atoms with Crippen LogP contribution in [0.25, 0.3) is 0 Å². The SMILES string of the molecule is COc1ccc(CN(c2nccs2)S(=O)O)c(OC)c1. The van der Waals surface area contributed by atoms with Gasteiger partial charge in [0.25, 0.3) is 11.3 Å². The molecule has 0 saturated heterocycles. The highest BCUT2D eigenvalue weighted by atomic mass is 32.2. The van der Waals surface area contributed by atoms with E-state index in [1.54, 1.807) is 44.0 Å². The van der Waals surface area contributed by atoms with Crippen LogP contribution in [0.15, 0.2) is 29.8 Å². The Morgan fingerprint density at radius 3 is 2.75 bits per heavy atom. The van der Waals surface area contributed by atoms with Crippen molar-refractivity contribution in [3.05, 3.63) is 35.3 Å². The Morgan fingerprint density at radius 1 is 1.40 bits per heavy atom. The summed E-state index contributed by atoms with van der Waals surface area (Å²) in [6.07, 6.45) is 1.59. The molecule has 0 aliphatic heterocycles. The molecule has 2 rings (SSSR count). The molecule has 1 aromatic carbocycles. The van der Waals surface area contributed by atoms with E-state index in [1.165, 1.54) is 15.6 Å². The molecule has 0 bridgehead atoms. The van der Waals surface area contributed by atoms with Crippen LogP contribution >= 0.6 is 11.3 Å². The molecule has 2 aromatic rings. The van der Waals surface area contributed by atoms with Gasteiger partial charge in [-0.1, -0.05) is 0 Å². The number of hydrogen-bond acceptors (Lipinski definition) is 5. The molecule has 0 radical (unpaired) electrons. The molecule has 1 unspecified atom stereocenters. The first-order valence-corrected chi connectivity index (χ1v) is 7.59. The molecule has 1 N–H and O–H groups in total. The standard InChI is InChI=1S/C12H14N2O4S2/c1-17-10-4-3-9(11(7-10)18-2)8-14(20(15)16)12-13-5-6-19-12/h3-7H,8H2,1-2H3,(H,15,16). The Labute approximate surface area is 123 Å². The fourth-order valence-electron chi connectivity index (χ4n) is 1.67. The van der Waals surface area contributed by atoms with Crippen molar-refractivity contribution in [1.82, 2.24) is 4.98 Å². The maximum atomic E-state index is 11.5. The molecule has 108 valence electrons. The monoisotopic (exact) mass is 314 g/mol. The van der Waals surface area contributed by atoms with Crippen LogP contribution in [0.3, 0.4) is 0 Å². The van der Waals surface area contributed by atoms with Crippen LogP contribution in [-0.4, -0.2) is 28.0 Å². The number of ether oxygens (including phenoxy) is 2. The van der Waals surface area contributed by atoms with Gasteiger partial charge in [-0.2, -0.15) is 0 Å². The second-order valence-corrected chi connectivity index (χ2v) is 5.54. The molecule has 0 fully saturated rings. The van der Waals surface area contributed by atoms with E-state index in [0.717, 1.165) is 5.56 Å². The topological polar surface area (TPSA) is 71.9 Å². The van der Waals surface area contributed by atoms with Crippen LogP contribution in [-0.2, 0) is 17.8 Å². The first-order chi connectivity index (χ1) is 9.65. The summed E-state index contributed by atoms with van der Waals surface area (Å²) in [4.78, 5) is 4.05. The Hall–Kier alpha value is -1.64. The largest absolute Gasteiger partial charge is 0.497 e. The molecule has 1 heterocycles. The maximum Gasteiger partial charge on any atom is 0.264 e. The van der Waals surface area contributed by atoms with Gasteiger partial charge in [-0.25, -0.2) is 13.5 Å². The lowest BCUT2D eigenvalue weighted by molar-refractivity contribution is 0.391. The molecule has 6 nitrogen and oxygen atoms in total. The molecule has 1 atom stereocenters. The molecular formula is C12H14N2O4S2. The first-order valence-electron chi connectivity index (χ1n) is 5.64. The van der Waals surface area contributed by atoms with Crippen LogP contribution in [0.4, 0.5) is 5.13 Å². The van der Waals surface area contributed by atoms with Gasteiger partial charge < -0.3 is 9.47 Å². The van der Waals surface area contributed by atoms with E-state index in [4.69, 9.17) is 9.47 Å². The van der Waals surface area contributed by atoms with Gasteiger partial charge in [0, 0.05) is 23.2 Å². The highest BCUT2D eigenvalue weighted by Gasteiger charge is 2.18. The third kappa shape index (κ3) is 3.27. The van der Waals surface area contributed by atoms with E-state index in [9.17, 15) is 8.76 Å². The van der Waals surface area contributed by atoms with Gasteiger partial charge in [0.1, 0.15) is 11.5 Å². The summed E-state index contributed by atoms with van der Waals surface area (Å²) >= 11 is -0.860. The highest BCUT2D eigenvalue weighted by molar-refractivity contribution is 7.81. The fourth-order valence-corrected chi connectivity index (χ4v) is 2.96. The van der Waals surface area contributed by atoms with Crippen molar-refractivity contribution in [1.29, 1.82) is 0 Å². The van der Waals surface area contributed by atoms with Crippen molar-refractivity contribution in [3.8, 4) is 11.5 Å². The van der Waals surface area contributed by atoms with Crippen LogP contribution in [0.5, 0.6) is 11.5 Å². The van der Waals surface area contributed by atoms with E-state index < -0.39 is 11.3 Å². The third-order valence-corrected chi connectivity index (χ3v) is 4.22. The second-order valence-electron chi connectivity index (χ2n) is 3.76. The number of nitrogens with zero attached hydrogens (tertiary/aromatic N) is 2. The molecule has 1 aromatic heterocycles. The average Bonchev–Trinajstić information content (AvgIpc) is 2.98. The van der Waals surface area contributed by atoms with Gasteiger partial charge in [0.2, 0.25) is 0 Å². The van der Waals surface area contributed by atoms with E-state index >= 15 is 0 Å². The predicted molar refractivity (Wildman–Crippen MR) is 78.6 cm³/mol. The Balaban J connectivity index is 2.29. The molecule has 8 heteroatoms. The Bertz CT molecular complexity index is 589. The summed E-state index contributed by atoms with van der Waals surface area (Å²) in [7, 11) is 3.11. The van der Waals surface area contributed by atoms with E-state index in [0.29, 0.717) is 16.6 Å². The predicted octanol–water partition coefficient (Wildman–Crippen LogP) is 2.30. The van der Waals surface area contributed by atoms with Gasteiger partial charge in [-0.15, -0.1) is 11.3 Å². The van der Waals surface area contributed by atoms with Gasteiger partial charge in [0.15, 0.2) is 5.13 Å². The molecule has 0 saturated carbocycles. The number of benzene rings is 1. The zero-order valence-corrected chi connectivity index (χ0v) is 12.6. The van der Waals surface area contributed by atoms with Crippen LogP contribution < -0.4 is 13.8 Å². The van der Waals surface area contributed by atoms with E-state index in [-0.39, 0.29) is 6.54 Å². The molecular weight excluding hydrogens is 300 g/mol. The molecule has 0 spiro atoms. The minimum absolute atomic E-state index is 0.212. The van der Waals surface area contributed by atoms with Crippen molar-refractivity contribution in [3.63, 3.8) is 0 Å². The van der Waals surface area contributed by atoms with Crippen molar-refractivity contribution in [2.75, 3.05) is 18.5 Å². The van der Waals surface area contributed by atoms with Gasteiger partial charge >= 0.3 is 0 Å². The van der Waals surface area contributed by atoms with Gasteiger partial charge in [-0.3, -0.25) is 4.55 Å². The lowest BCUT2D eigenvalue weighted by Crippen LogP contribution is -2.24. The van der Waals surface area contributed by atoms with Crippen molar-refractivity contribution < 1.29 is 18.2 Å². The number of hydrogen-bond donors (Lipinski definition) is 1. The van der Waals surface area contributed by atoms with E-state index in [2.05, 4.69) is 4.98 Å². The first kappa shape index (κ1) is 14.8. The highest BCUT2D eigenvalue weighted by Crippen LogP contribution is 2.28. The quantitative estimate of drug-likeness (QED) is 0.828. The molecule has 0 aliphatic carbocycles. The summed E-state index contributed by atoms with van der Waals surface area (Å²) in [5.74, 6) is 1.26. The zero-order chi connectivity index (χ0) is 14.5. The zero-order valence-electron chi connectivity index (χ0n) is 11.0. The second kappa shape index (κ2) is 6.69. The van der Waals surface area contributed by atoms with Crippen molar-refractivity contribution in [2.45, 2.75) is 6.54 Å². The molecule has 0 amide bonds. The number of thiazole rings is 1. The molecule has 20 heavy (non-hydrogen) atoms. The average molecular weight is 314 g/mol. The summed E-state index contributed by atoms with van der Waals surface area (Å²) in [5.41, 5.74) is 0.769. The number of anilines is 1. The Morgan fingerprint density at radius 2 is 2.20 bits per heavy atom. The van der Waals surface area contributed by atoms with E-state index in [1.807, 2.05) is 0 Å². The van der Waals surface area contributed by atoms with Crippen molar-refractivity contribution in [2.24, 2.45) is 0 Å². The summed E-state index contributed by atoms with van der Waals surface area (Å²) in [6.45, 7) is 0.212. The number of methoxy groups -OCH3 is 2. The maximum absolute atomic E-state index is 11.5. The van der Waals surface area contributed by atoms with Crippen LogP contribution in [0.1, 0.15) is 5.56 Å². The molecule has 0 aliphatic rings. The minimum atomic E-state index is -2.16. The fraction of sp³-hybridized carbons (Fsp3) is 0.250. The summed E-state index contributed by atoms with van der Waals surface area (Å²) in [6, 6.07) is 5.30. The van der Waals surface area contributed by atoms with Crippen molar-refractivity contribution >= 4 is 27.7 Å². The van der Waals surface area contributed by atoms with Gasteiger partial charge in [-0.05, 0) is 12.1 Å². The number of rotatable bonds is 6. The number of aromatic nitrogens is 1. The lowest BCUT2D eigenvalue weighted by Gasteiger charge is -2.18.